The van der Waals surface area contributed by atoms with Crippen molar-refractivity contribution >= 4 is 6.21 Å². The van der Waals surface area contributed by atoms with E-state index in [0.717, 1.165) is 24.0 Å². The lowest BCUT2D eigenvalue weighted by Gasteiger charge is -2.40. The topological polar surface area (TPSA) is 32.6 Å². The molecule has 3 nitrogen and oxygen atoms in total. The zero-order chi connectivity index (χ0) is 19.8. The van der Waals surface area contributed by atoms with Crippen LogP contribution in [0.25, 0.3) is 0 Å². The lowest BCUT2D eigenvalue weighted by molar-refractivity contribution is -0.976. The van der Waals surface area contributed by atoms with Crippen molar-refractivity contribution in [1.82, 2.24) is 0 Å². The molecule has 3 unspecified atom stereocenters. The second kappa shape index (κ2) is 15.3. The average molecular weight is 380 g/mol. The van der Waals surface area contributed by atoms with E-state index in [9.17, 15) is 5.11 Å². The maximum Gasteiger partial charge on any atom is 0.189 e. The summed E-state index contributed by atoms with van der Waals surface area (Å²) >= 11 is 0. The van der Waals surface area contributed by atoms with Crippen LogP contribution in [0, 0.1) is 0 Å². The van der Waals surface area contributed by atoms with E-state index in [1.807, 2.05) is 13.1 Å². The van der Waals surface area contributed by atoms with Crippen LogP contribution in [0.5, 0.6) is 0 Å². The van der Waals surface area contributed by atoms with Gasteiger partial charge >= 0.3 is 0 Å². The van der Waals surface area contributed by atoms with Crippen molar-refractivity contribution in [2.45, 2.75) is 123 Å². The van der Waals surface area contributed by atoms with Crippen molar-refractivity contribution < 1.29 is 9.59 Å². The number of quaternary nitrogens is 1. The summed E-state index contributed by atoms with van der Waals surface area (Å²) in [6.07, 6.45) is 25.4. The number of aliphatic imine (C=N–C) groups is 1. The van der Waals surface area contributed by atoms with Crippen LogP contribution in [0.4, 0.5) is 0 Å². The summed E-state index contributed by atoms with van der Waals surface area (Å²) < 4.78 is 0.744. The van der Waals surface area contributed by atoms with E-state index < -0.39 is 0 Å². The van der Waals surface area contributed by atoms with Gasteiger partial charge < -0.3 is 5.11 Å². The number of allylic oxidation sites excluding steroid dienone is 2. The van der Waals surface area contributed by atoms with Crippen molar-refractivity contribution in [3.05, 3.63) is 12.2 Å². The van der Waals surface area contributed by atoms with E-state index in [1.54, 1.807) is 0 Å². The zero-order valence-corrected chi connectivity index (χ0v) is 18.5. The fourth-order valence-corrected chi connectivity index (χ4v) is 4.32. The first-order valence-corrected chi connectivity index (χ1v) is 11.9. The van der Waals surface area contributed by atoms with E-state index >= 15 is 0 Å². The lowest BCUT2D eigenvalue weighted by Crippen LogP contribution is -2.57. The van der Waals surface area contributed by atoms with Gasteiger partial charge in [0.1, 0.15) is 6.54 Å². The van der Waals surface area contributed by atoms with Crippen molar-refractivity contribution in [1.29, 1.82) is 0 Å². The summed E-state index contributed by atoms with van der Waals surface area (Å²) in [5, 5.41) is 10.2. The first-order chi connectivity index (χ1) is 13.2. The maximum atomic E-state index is 10.2. The van der Waals surface area contributed by atoms with Crippen LogP contribution in [0.15, 0.2) is 17.1 Å². The molecule has 158 valence electrons. The molecule has 0 aromatic rings. The van der Waals surface area contributed by atoms with E-state index in [4.69, 9.17) is 0 Å². The van der Waals surface area contributed by atoms with Crippen LogP contribution >= 0.6 is 0 Å². The van der Waals surface area contributed by atoms with Crippen LogP contribution in [0.2, 0.25) is 0 Å². The summed E-state index contributed by atoms with van der Waals surface area (Å²) in [5.74, 6) is 0. The van der Waals surface area contributed by atoms with Gasteiger partial charge in [-0.2, -0.15) is 0 Å². The minimum absolute atomic E-state index is 0.284. The Hall–Kier alpha value is -0.670. The average Bonchev–Trinajstić information content (AvgIpc) is 3.09. The Kier molecular flexibility index (Phi) is 13.8. The Morgan fingerprint density at radius 2 is 1.48 bits per heavy atom. The molecule has 3 heteroatoms. The Bertz CT molecular complexity index is 405. The highest BCUT2D eigenvalue weighted by Gasteiger charge is 2.41. The molecule has 1 heterocycles. The van der Waals surface area contributed by atoms with Crippen LogP contribution < -0.4 is 0 Å². The summed E-state index contributed by atoms with van der Waals surface area (Å²) in [6.45, 7) is 8.21. The third kappa shape index (κ3) is 9.38. The predicted octanol–water partition coefficient (Wildman–Crippen LogP) is 6.61. The summed E-state index contributed by atoms with van der Waals surface area (Å²) in [4.78, 5) is 4.67. The molecule has 0 amide bonds. The monoisotopic (exact) mass is 379 g/mol. The molecule has 3 atom stereocenters. The van der Waals surface area contributed by atoms with Crippen LogP contribution in [0.1, 0.15) is 111 Å². The Morgan fingerprint density at radius 1 is 0.926 bits per heavy atom. The second-order valence-corrected chi connectivity index (χ2v) is 8.42. The van der Waals surface area contributed by atoms with Gasteiger partial charge in [-0.05, 0) is 32.6 Å². The molecule has 1 rings (SSSR count). The minimum Gasteiger partial charge on any atom is -0.345 e. The van der Waals surface area contributed by atoms with E-state index in [2.05, 4.69) is 31.0 Å². The van der Waals surface area contributed by atoms with Gasteiger partial charge in [0.15, 0.2) is 12.4 Å². The van der Waals surface area contributed by atoms with Crippen LogP contribution in [-0.4, -0.2) is 41.3 Å². The fourth-order valence-electron chi connectivity index (χ4n) is 4.32. The van der Waals surface area contributed by atoms with E-state index in [1.165, 1.54) is 83.5 Å². The third-order valence-corrected chi connectivity index (χ3v) is 6.33. The quantitative estimate of drug-likeness (QED) is 0.172. The Labute approximate surface area is 169 Å². The molecular formula is C24H47N2O+. The van der Waals surface area contributed by atoms with E-state index in [-0.39, 0.29) is 12.4 Å². The molecule has 0 bridgehead atoms. The molecule has 0 saturated heterocycles. The molecular weight excluding hydrogens is 332 g/mol. The first kappa shape index (κ1) is 24.4. The molecule has 0 aliphatic carbocycles. The number of hydrogen-bond donors (Lipinski definition) is 1. The zero-order valence-electron chi connectivity index (χ0n) is 18.5. The van der Waals surface area contributed by atoms with Gasteiger partial charge in [-0.25, -0.2) is 4.99 Å². The minimum atomic E-state index is -0.310. The number of hydrogen-bond acceptors (Lipinski definition) is 2. The van der Waals surface area contributed by atoms with E-state index in [0.29, 0.717) is 0 Å². The summed E-state index contributed by atoms with van der Waals surface area (Å²) in [7, 11) is 0. The number of rotatable bonds is 17. The molecule has 0 fully saturated rings. The second-order valence-electron chi connectivity index (χ2n) is 8.42. The maximum absolute atomic E-state index is 10.2. The molecule has 0 aromatic carbocycles. The molecule has 0 spiro atoms. The molecule has 0 radical (unpaired) electrons. The predicted molar refractivity (Wildman–Crippen MR) is 119 cm³/mol. The largest absolute Gasteiger partial charge is 0.345 e. The van der Waals surface area contributed by atoms with Gasteiger partial charge in [0.2, 0.25) is 0 Å². The van der Waals surface area contributed by atoms with Gasteiger partial charge in [0.05, 0.1) is 12.8 Å². The molecule has 0 saturated carbocycles. The van der Waals surface area contributed by atoms with Gasteiger partial charge in [-0.3, -0.25) is 4.48 Å². The van der Waals surface area contributed by atoms with Gasteiger partial charge in [-0.1, -0.05) is 76.9 Å². The van der Waals surface area contributed by atoms with Gasteiger partial charge in [0.25, 0.3) is 0 Å². The van der Waals surface area contributed by atoms with Crippen molar-refractivity contribution in [3.8, 4) is 0 Å². The number of aliphatic hydroxyl groups excluding tert-OH is 1. The van der Waals surface area contributed by atoms with Crippen LogP contribution in [0.3, 0.4) is 0 Å². The molecule has 1 aliphatic heterocycles. The highest BCUT2D eigenvalue weighted by molar-refractivity contribution is 5.60. The summed E-state index contributed by atoms with van der Waals surface area (Å²) in [5.41, 5.74) is 0. The Balaban J connectivity index is 1.91. The lowest BCUT2D eigenvalue weighted by atomic mass is 10.0. The molecule has 27 heavy (non-hydrogen) atoms. The Morgan fingerprint density at radius 3 is 2.04 bits per heavy atom. The SMILES string of the molecule is CCC/C=C/CCCCCCCCCCCCC1N=CC[N+]1(CC)C(C)O. The summed E-state index contributed by atoms with van der Waals surface area (Å²) in [6, 6.07) is 0. The van der Waals surface area contributed by atoms with Crippen LogP contribution in [-0.2, 0) is 0 Å². The standard InChI is InChI=1S/C24H47N2O/c1-4-6-7-8-9-10-11-12-13-14-15-16-17-18-19-20-24-25-21-22-26(24,5-2)23(3)27/h7-8,21,23-24,27H,4-6,9-20,22H2,1-3H3/q+1/b8-7+. The molecule has 0 aromatic heterocycles. The highest BCUT2D eigenvalue weighted by Crippen LogP contribution is 2.26. The van der Waals surface area contributed by atoms with Gasteiger partial charge in [-0.15, -0.1) is 0 Å². The van der Waals surface area contributed by atoms with Crippen molar-refractivity contribution in [2.75, 3.05) is 13.1 Å². The number of unbranched alkanes of at least 4 members (excludes halogenated alkanes) is 11. The fraction of sp³-hybridized carbons (Fsp3) is 0.875. The smallest absolute Gasteiger partial charge is 0.189 e. The normalized spacial score (nSPS) is 23.5. The number of nitrogens with zero attached hydrogens (tertiary/aromatic N) is 2. The molecule has 1 aliphatic rings. The van der Waals surface area contributed by atoms with Crippen molar-refractivity contribution in [2.24, 2.45) is 4.99 Å². The third-order valence-electron chi connectivity index (χ3n) is 6.33. The number of aliphatic hydroxyl groups is 1. The first-order valence-electron chi connectivity index (χ1n) is 11.9. The van der Waals surface area contributed by atoms with Crippen molar-refractivity contribution in [3.63, 3.8) is 0 Å². The van der Waals surface area contributed by atoms with Gasteiger partial charge in [0, 0.05) is 13.3 Å². The molecule has 1 N–H and O–H groups in total. The highest BCUT2D eigenvalue weighted by atomic mass is 16.3.